The lowest BCUT2D eigenvalue weighted by Gasteiger charge is -2.23. The molecule has 0 amide bonds. The van der Waals surface area contributed by atoms with Crippen LogP contribution in [-0.2, 0) is 12.8 Å². The molecule has 2 aliphatic carbocycles. The minimum atomic E-state index is 0.765. The Morgan fingerprint density at radius 2 is 1.67 bits per heavy atom. The fourth-order valence-corrected chi connectivity index (χ4v) is 3.63. The molecule has 18 heavy (non-hydrogen) atoms. The molecule has 1 unspecified atom stereocenters. The summed E-state index contributed by atoms with van der Waals surface area (Å²) >= 11 is 0. The van der Waals surface area contributed by atoms with Crippen LogP contribution < -0.4 is 5.32 Å². The molecule has 1 saturated heterocycles. The molecule has 0 radical (unpaired) electrons. The fraction of sp³-hybridized carbons (Fsp3) is 0.625. The van der Waals surface area contributed by atoms with Crippen LogP contribution in [-0.4, -0.2) is 36.1 Å². The molecular formula is C16H22N2. The Labute approximate surface area is 109 Å². The van der Waals surface area contributed by atoms with Gasteiger partial charge in [-0.1, -0.05) is 24.3 Å². The van der Waals surface area contributed by atoms with Gasteiger partial charge in [0.1, 0.15) is 0 Å². The van der Waals surface area contributed by atoms with Gasteiger partial charge in [-0.15, -0.1) is 0 Å². The molecule has 0 aromatic heterocycles. The van der Waals surface area contributed by atoms with Crippen LogP contribution >= 0.6 is 0 Å². The summed E-state index contributed by atoms with van der Waals surface area (Å²) in [5.74, 6) is 0. The average Bonchev–Trinajstić information content (AvgIpc) is 2.92. The molecule has 1 saturated carbocycles. The van der Waals surface area contributed by atoms with Crippen LogP contribution in [0.5, 0.6) is 0 Å². The summed E-state index contributed by atoms with van der Waals surface area (Å²) in [7, 11) is 0. The lowest BCUT2D eigenvalue weighted by molar-refractivity contribution is 0.243. The maximum atomic E-state index is 3.79. The highest BCUT2D eigenvalue weighted by atomic mass is 15.2. The molecule has 1 atom stereocenters. The highest BCUT2D eigenvalue weighted by Crippen LogP contribution is 2.28. The van der Waals surface area contributed by atoms with E-state index in [1.54, 1.807) is 11.1 Å². The second-order valence-electron chi connectivity index (χ2n) is 6.25. The van der Waals surface area contributed by atoms with Gasteiger partial charge in [0.05, 0.1) is 0 Å². The van der Waals surface area contributed by atoms with E-state index < -0.39 is 0 Å². The lowest BCUT2D eigenvalue weighted by atomic mass is 10.1. The van der Waals surface area contributed by atoms with Gasteiger partial charge in [0.2, 0.25) is 0 Å². The van der Waals surface area contributed by atoms with Gasteiger partial charge < -0.3 is 5.32 Å². The minimum Gasteiger partial charge on any atom is -0.310 e. The Bertz CT molecular complexity index is 413. The van der Waals surface area contributed by atoms with E-state index in [0.717, 1.165) is 18.1 Å². The van der Waals surface area contributed by atoms with Crippen molar-refractivity contribution in [3.05, 3.63) is 35.4 Å². The number of likely N-dealkylation sites (tertiary alicyclic amines) is 1. The first-order chi connectivity index (χ1) is 8.88. The summed E-state index contributed by atoms with van der Waals surface area (Å²) in [5.41, 5.74) is 3.17. The topological polar surface area (TPSA) is 15.3 Å². The van der Waals surface area contributed by atoms with Crippen molar-refractivity contribution >= 4 is 0 Å². The van der Waals surface area contributed by atoms with Gasteiger partial charge in [-0.3, -0.25) is 4.90 Å². The van der Waals surface area contributed by atoms with Gasteiger partial charge in [-0.05, 0) is 43.2 Å². The van der Waals surface area contributed by atoms with Gasteiger partial charge in [-0.2, -0.15) is 0 Å². The molecule has 2 nitrogen and oxygen atoms in total. The molecule has 1 aromatic carbocycles. The van der Waals surface area contributed by atoms with Gasteiger partial charge in [0.15, 0.2) is 0 Å². The van der Waals surface area contributed by atoms with Crippen molar-refractivity contribution in [2.75, 3.05) is 13.1 Å². The van der Waals surface area contributed by atoms with Crippen LogP contribution in [0.15, 0.2) is 24.3 Å². The van der Waals surface area contributed by atoms with E-state index in [1.807, 2.05) is 0 Å². The van der Waals surface area contributed by atoms with E-state index in [4.69, 9.17) is 0 Å². The molecule has 3 aliphatic rings. The third kappa shape index (κ3) is 2.08. The van der Waals surface area contributed by atoms with E-state index in [9.17, 15) is 0 Å². The quantitative estimate of drug-likeness (QED) is 0.872. The molecule has 0 bridgehead atoms. The smallest absolute Gasteiger partial charge is 0.0209 e. The molecule has 4 rings (SSSR count). The largest absolute Gasteiger partial charge is 0.310 e. The maximum absolute atomic E-state index is 3.79. The first-order valence-electron chi connectivity index (χ1n) is 7.45. The summed E-state index contributed by atoms with van der Waals surface area (Å²) in [5, 5.41) is 3.79. The molecule has 1 N–H and O–H groups in total. The summed E-state index contributed by atoms with van der Waals surface area (Å²) in [6, 6.07) is 11.4. The zero-order valence-corrected chi connectivity index (χ0v) is 10.9. The number of benzene rings is 1. The van der Waals surface area contributed by atoms with Gasteiger partial charge >= 0.3 is 0 Å². The Kier molecular flexibility index (Phi) is 2.66. The highest BCUT2D eigenvalue weighted by molar-refractivity contribution is 5.33. The number of rotatable bonds is 3. The van der Waals surface area contributed by atoms with E-state index >= 15 is 0 Å². The maximum Gasteiger partial charge on any atom is 0.0209 e. The van der Waals surface area contributed by atoms with Crippen LogP contribution in [0.3, 0.4) is 0 Å². The third-order valence-electron chi connectivity index (χ3n) is 4.81. The Morgan fingerprint density at radius 3 is 2.33 bits per heavy atom. The van der Waals surface area contributed by atoms with Crippen molar-refractivity contribution in [3.63, 3.8) is 0 Å². The van der Waals surface area contributed by atoms with Crippen LogP contribution in [0.4, 0.5) is 0 Å². The molecule has 1 aliphatic heterocycles. The summed E-state index contributed by atoms with van der Waals surface area (Å²) < 4.78 is 0. The van der Waals surface area contributed by atoms with Crippen LogP contribution in [0, 0.1) is 0 Å². The Balaban J connectivity index is 1.38. The average molecular weight is 242 g/mol. The first kappa shape index (κ1) is 11.0. The minimum absolute atomic E-state index is 0.765. The first-order valence-corrected chi connectivity index (χ1v) is 7.45. The van der Waals surface area contributed by atoms with Crippen molar-refractivity contribution in [1.29, 1.82) is 0 Å². The van der Waals surface area contributed by atoms with Crippen molar-refractivity contribution in [3.8, 4) is 0 Å². The van der Waals surface area contributed by atoms with Crippen LogP contribution in [0.1, 0.15) is 30.4 Å². The molecule has 2 fully saturated rings. The van der Waals surface area contributed by atoms with Gasteiger partial charge in [-0.25, -0.2) is 0 Å². The van der Waals surface area contributed by atoms with E-state index in [-0.39, 0.29) is 0 Å². The second kappa shape index (κ2) is 4.36. The SMILES string of the molecule is c1ccc2c(c1)CC(N1CCC(NC3CC3)C1)C2. The monoisotopic (exact) mass is 242 g/mol. The molecule has 96 valence electrons. The number of nitrogens with one attached hydrogen (secondary N) is 1. The molecule has 0 spiro atoms. The lowest BCUT2D eigenvalue weighted by Crippen LogP contribution is -2.38. The van der Waals surface area contributed by atoms with E-state index in [2.05, 4.69) is 34.5 Å². The fourth-order valence-electron chi connectivity index (χ4n) is 3.63. The molecule has 2 heteroatoms. The Morgan fingerprint density at radius 1 is 0.944 bits per heavy atom. The van der Waals surface area contributed by atoms with Crippen LogP contribution in [0.2, 0.25) is 0 Å². The Hall–Kier alpha value is -0.860. The highest BCUT2D eigenvalue weighted by Gasteiger charge is 2.34. The molecule has 1 heterocycles. The van der Waals surface area contributed by atoms with E-state index in [1.165, 1.54) is 45.2 Å². The molecular weight excluding hydrogens is 220 g/mol. The standard InChI is InChI=1S/C16H22N2/c1-2-4-13-10-16(9-12(13)3-1)18-8-7-15(11-18)17-14-5-6-14/h1-4,14-17H,5-11H2. The number of hydrogen-bond acceptors (Lipinski definition) is 2. The van der Waals surface area contributed by atoms with Crippen molar-refractivity contribution in [2.45, 2.75) is 50.2 Å². The zero-order chi connectivity index (χ0) is 11.9. The zero-order valence-electron chi connectivity index (χ0n) is 10.9. The van der Waals surface area contributed by atoms with Crippen molar-refractivity contribution < 1.29 is 0 Å². The predicted octanol–water partition coefficient (Wildman–Crippen LogP) is 1.98. The third-order valence-corrected chi connectivity index (χ3v) is 4.81. The van der Waals surface area contributed by atoms with E-state index in [0.29, 0.717) is 0 Å². The second-order valence-corrected chi connectivity index (χ2v) is 6.25. The molecule has 1 aromatic rings. The summed E-state index contributed by atoms with van der Waals surface area (Å²) in [6.45, 7) is 2.57. The van der Waals surface area contributed by atoms with Gasteiger partial charge in [0.25, 0.3) is 0 Å². The van der Waals surface area contributed by atoms with Gasteiger partial charge in [0, 0.05) is 31.2 Å². The van der Waals surface area contributed by atoms with Crippen LogP contribution in [0.25, 0.3) is 0 Å². The van der Waals surface area contributed by atoms with Crippen molar-refractivity contribution in [1.82, 2.24) is 10.2 Å². The predicted molar refractivity (Wildman–Crippen MR) is 73.8 cm³/mol. The number of nitrogens with zero attached hydrogens (tertiary/aromatic N) is 1. The summed E-state index contributed by atoms with van der Waals surface area (Å²) in [6.07, 6.45) is 6.71. The number of hydrogen-bond donors (Lipinski definition) is 1. The normalized spacial score (nSPS) is 28.8. The summed E-state index contributed by atoms with van der Waals surface area (Å²) in [4.78, 5) is 2.72. The van der Waals surface area contributed by atoms with Crippen molar-refractivity contribution in [2.24, 2.45) is 0 Å². The number of fused-ring (bicyclic) bond motifs is 1.